The Kier molecular flexibility index (Phi) is 5.34. The monoisotopic (exact) mass is 400 g/mol. The van der Waals surface area contributed by atoms with Crippen LogP contribution in [0.15, 0.2) is 89.6 Å². The van der Waals surface area contributed by atoms with Crippen molar-refractivity contribution in [2.24, 2.45) is 4.99 Å². The standard InChI is InChI=1S/C23H16N2O5/c26-23-21(24-22(30-23)18-8-2-1-3-9-18)14-16-6-5-11-20(13-16)29-15-17-7-4-10-19(12-17)25(27)28/h1-14H,15H2/b21-14+. The lowest BCUT2D eigenvalue weighted by Gasteiger charge is -2.07. The summed E-state index contributed by atoms with van der Waals surface area (Å²) in [4.78, 5) is 26.9. The number of esters is 1. The van der Waals surface area contributed by atoms with E-state index in [-0.39, 0.29) is 23.9 Å². The van der Waals surface area contributed by atoms with Gasteiger partial charge < -0.3 is 9.47 Å². The van der Waals surface area contributed by atoms with Gasteiger partial charge >= 0.3 is 5.97 Å². The van der Waals surface area contributed by atoms with Crippen molar-refractivity contribution in [1.82, 2.24) is 0 Å². The summed E-state index contributed by atoms with van der Waals surface area (Å²) in [7, 11) is 0. The third-order valence-corrected chi connectivity index (χ3v) is 4.33. The highest BCUT2D eigenvalue weighted by atomic mass is 16.6. The molecular weight excluding hydrogens is 384 g/mol. The zero-order valence-electron chi connectivity index (χ0n) is 15.7. The second-order valence-electron chi connectivity index (χ2n) is 6.49. The first kappa shape index (κ1) is 19.1. The molecule has 0 aromatic heterocycles. The Morgan fingerprint density at radius 3 is 2.60 bits per heavy atom. The van der Waals surface area contributed by atoms with Gasteiger partial charge in [0.1, 0.15) is 12.4 Å². The number of carbonyl (C=O) groups excluding carboxylic acids is 1. The topological polar surface area (TPSA) is 91.0 Å². The van der Waals surface area contributed by atoms with E-state index in [0.717, 1.165) is 11.1 Å². The van der Waals surface area contributed by atoms with Crippen LogP contribution >= 0.6 is 0 Å². The second-order valence-corrected chi connectivity index (χ2v) is 6.49. The van der Waals surface area contributed by atoms with Crippen LogP contribution in [-0.2, 0) is 16.1 Å². The van der Waals surface area contributed by atoms with Crippen LogP contribution in [0.3, 0.4) is 0 Å². The van der Waals surface area contributed by atoms with E-state index in [1.54, 1.807) is 36.4 Å². The first-order valence-corrected chi connectivity index (χ1v) is 9.13. The lowest BCUT2D eigenvalue weighted by molar-refractivity contribution is -0.384. The SMILES string of the molecule is O=C1OC(c2ccccc2)=N/C1=C/c1cccc(OCc2cccc([N+](=O)[O-])c2)c1. The van der Waals surface area contributed by atoms with Crippen LogP contribution in [0.1, 0.15) is 16.7 Å². The number of rotatable bonds is 6. The van der Waals surface area contributed by atoms with E-state index in [1.807, 2.05) is 36.4 Å². The van der Waals surface area contributed by atoms with Gasteiger partial charge in [-0.1, -0.05) is 42.5 Å². The average molecular weight is 400 g/mol. The molecule has 0 N–H and O–H groups in total. The van der Waals surface area contributed by atoms with Gasteiger partial charge in [0.2, 0.25) is 5.90 Å². The Balaban J connectivity index is 1.49. The highest BCUT2D eigenvalue weighted by Gasteiger charge is 2.23. The zero-order valence-corrected chi connectivity index (χ0v) is 15.7. The van der Waals surface area contributed by atoms with E-state index in [1.165, 1.54) is 12.1 Å². The summed E-state index contributed by atoms with van der Waals surface area (Å²) in [5, 5.41) is 10.9. The van der Waals surface area contributed by atoms with Crippen molar-refractivity contribution in [2.75, 3.05) is 0 Å². The number of carbonyl (C=O) groups is 1. The summed E-state index contributed by atoms with van der Waals surface area (Å²) in [6.45, 7) is 0.181. The molecule has 1 aliphatic rings. The lowest BCUT2D eigenvalue weighted by Crippen LogP contribution is -2.04. The van der Waals surface area contributed by atoms with Crippen molar-refractivity contribution in [3.8, 4) is 5.75 Å². The first-order valence-electron chi connectivity index (χ1n) is 9.13. The van der Waals surface area contributed by atoms with Crippen LogP contribution < -0.4 is 4.74 Å². The number of hydrogen-bond donors (Lipinski definition) is 0. The van der Waals surface area contributed by atoms with Crippen molar-refractivity contribution in [1.29, 1.82) is 0 Å². The Bertz CT molecular complexity index is 1170. The minimum atomic E-state index is -0.517. The van der Waals surface area contributed by atoms with Crippen LogP contribution in [0.5, 0.6) is 5.75 Å². The molecule has 0 saturated carbocycles. The molecule has 0 fully saturated rings. The molecule has 3 aromatic rings. The zero-order chi connectivity index (χ0) is 20.9. The summed E-state index contributed by atoms with van der Waals surface area (Å²) < 4.78 is 11.0. The molecule has 0 aliphatic carbocycles. The normalized spacial score (nSPS) is 14.3. The molecule has 3 aromatic carbocycles. The van der Waals surface area contributed by atoms with E-state index >= 15 is 0 Å². The summed E-state index contributed by atoms with van der Waals surface area (Å²) in [6, 6.07) is 22.6. The lowest BCUT2D eigenvalue weighted by atomic mass is 10.2. The summed E-state index contributed by atoms with van der Waals surface area (Å²) in [5.41, 5.74) is 2.34. The molecule has 0 amide bonds. The maximum Gasteiger partial charge on any atom is 0.363 e. The highest BCUT2D eigenvalue weighted by Crippen LogP contribution is 2.22. The molecule has 0 unspecified atom stereocenters. The van der Waals surface area contributed by atoms with Gasteiger partial charge in [-0.15, -0.1) is 0 Å². The largest absolute Gasteiger partial charge is 0.489 e. The third-order valence-electron chi connectivity index (χ3n) is 4.33. The number of non-ortho nitro benzene ring substituents is 1. The predicted molar refractivity (Wildman–Crippen MR) is 111 cm³/mol. The first-order chi connectivity index (χ1) is 14.6. The molecule has 1 heterocycles. The number of nitro groups is 1. The van der Waals surface area contributed by atoms with E-state index in [4.69, 9.17) is 9.47 Å². The van der Waals surface area contributed by atoms with Gasteiger partial charge in [0.25, 0.3) is 5.69 Å². The fourth-order valence-corrected chi connectivity index (χ4v) is 2.89. The van der Waals surface area contributed by atoms with Gasteiger partial charge in [-0.25, -0.2) is 9.79 Å². The van der Waals surface area contributed by atoms with Gasteiger partial charge in [-0.2, -0.15) is 0 Å². The fraction of sp³-hybridized carbons (Fsp3) is 0.0435. The van der Waals surface area contributed by atoms with Crippen molar-refractivity contribution in [3.63, 3.8) is 0 Å². The molecule has 30 heavy (non-hydrogen) atoms. The molecule has 0 atom stereocenters. The van der Waals surface area contributed by atoms with Crippen LogP contribution in [0.2, 0.25) is 0 Å². The molecule has 0 spiro atoms. The smallest absolute Gasteiger partial charge is 0.363 e. The number of nitro benzene ring substituents is 1. The number of cyclic esters (lactones) is 1. The van der Waals surface area contributed by atoms with Gasteiger partial charge in [0, 0.05) is 17.7 Å². The van der Waals surface area contributed by atoms with Crippen LogP contribution in [0, 0.1) is 10.1 Å². The molecule has 0 saturated heterocycles. The molecule has 0 bridgehead atoms. The van der Waals surface area contributed by atoms with Crippen molar-refractivity contribution < 1.29 is 19.2 Å². The Hall–Kier alpha value is -4.26. The quantitative estimate of drug-likeness (QED) is 0.263. The van der Waals surface area contributed by atoms with Crippen molar-refractivity contribution in [3.05, 3.63) is 111 Å². The molecule has 1 aliphatic heterocycles. The number of hydrogen-bond acceptors (Lipinski definition) is 6. The second kappa shape index (κ2) is 8.40. The average Bonchev–Trinajstić information content (AvgIpc) is 3.13. The fourth-order valence-electron chi connectivity index (χ4n) is 2.89. The van der Waals surface area contributed by atoms with Crippen molar-refractivity contribution in [2.45, 2.75) is 6.61 Å². The van der Waals surface area contributed by atoms with Gasteiger partial charge in [-0.3, -0.25) is 10.1 Å². The summed E-state index contributed by atoms with van der Waals surface area (Å²) in [5.74, 6) is 0.316. The maximum absolute atomic E-state index is 12.2. The van der Waals surface area contributed by atoms with Crippen LogP contribution in [0.25, 0.3) is 6.08 Å². The molecule has 0 radical (unpaired) electrons. The molecule has 4 rings (SSSR count). The molecular formula is C23H16N2O5. The van der Waals surface area contributed by atoms with E-state index in [0.29, 0.717) is 11.3 Å². The molecule has 7 heteroatoms. The highest BCUT2D eigenvalue weighted by molar-refractivity contribution is 6.12. The minimum absolute atomic E-state index is 0.0152. The van der Waals surface area contributed by atoms with Gasteiger partial charge in [-0.05, 0) is 41.5 Å². The Morgan fingerprint density at radius 2 is 1.80 bits per heavy atom. The summed E-state index contributed by atoms with van der Waals surface area (Å²) >= 11 is 0. The maximum atomic E-state index is 12.2. The van der Waals surface area contributed by atoms with E-state index in [9.17, 15) is 14.9 Å². The predicted octanol–water partition coefficient (Wildman–Crippen LogP) is 4.52. The molecule has 7 nitrogen and oxygen atoms in total. The molecule has 148 valence electrons. The Morgan fingerprint density at radius 1 is 1.00 bits per heavy atom. The van der Waals surface area contributed by atoms with Gasteiger partial charge in [0.05, 0.1) is 4.92 Å². The van der Waals surface area contributed by atoms with Crippen molar-refractivity contribution >= 4 is 23.6 Å². The Labute approximate surface area is 172 Å². The number of nitrogens with zero attached hydrogens (tertiary/aromatic N) is 2. The van der Waals surface area contributed by atoms with Crippen LogP contribution in [-0.4, -0.2) is 16.8 Å². The van der Waals surface area contributed by atoms with E-state index in [2.05, 4.69) is 4.99 Å². The third kappa shape index (κ3) is 4.41. The summed E-state index contributed by atoms with van der Waals surface area (Å²) in [6.07, 6.45) is 1.62. The van der Waals surface area contributed by atoms with Gasteiger partial charge in [0.15, 0.2) is 5.70 Å². The van der Waals surface area contributed by atoms with E-state index < -0.39 is 10.9 Å². The minimum Gasteiger partial charge on any atom is -0.489 e. The number of benzene rings is 3. The number of aliphatic imine (C=N–C) groups is 1. The number of ether oxygens (including phenoxy) is 2. The van der Waals surface area contributed by atoms with Crippen LogP contribution in [0.4, 0.5) is 5.69 Å².